The molecule has 0 N–H and O–H groups in total. The van der Waals surface area contributed by atoms with Crippen molar-refractivity contribution in [2.75, 3.05) is 6.79 Å². The van der Waals surface area contributed by atoms with E-state index in [0.29, 0.717) is 21.5 Å². The fourth-order valence-electron chi connectivity index (χ4n) is 1.87. The minimum Gasteiger partial charge on any atom is -0.454 e. The molecular weight excluding hydrogens is 393 g/mol. The predicted octanol–water partition coefficient (Wildman–Crippen LogP) is 5.04. The van der Waals surface area contributed by atoms with E-state index >= 15 is 0 Å². The molecule has 22 heavy (non-hydrogen) atoms. The third-order valence-electron chi connectivity index (χ3n) is 2.99. The molecule has 0 radical (unpaired) electrons. The summed E-state index contributed by atoms with van der Waals surface area (Å²) in [7, 11) is 0. The lowest BCUT2D eigenvalue weighted by molar-refractivity contribution is 0.132. The number of fused-ring (bicyclic) bond motifs is 1. The maximum absolute atomic E-state index is 6.06. The Balaban J connectivity index is 1.65. The summed E-state index contributed by atoms with van der Waals surface area (Å²) in [6.07, 6.45) is 1.59. The van der Waals surface area contributed by atoms with Gasteiger partial charge in [-0.05, 0) is 40.2 Å². The number of nitrogens with zero attached hydrogens (tertiary/aromatic N) is 1. The summed E-state index contributed by atoms with van der Waals surface area (Å²) in [6, 6.07) is 8.88. The standard InChI is InChI=1S/C15H10BrCl2NO3/c16-12-5-15-14(20-8-21-15)3-10(12)6-19-22-7-9-1-2-11(17)4-13(9)18/h1-6H,7-8H2/b19-6-. The van der Waals surface area contributed by atoms with Gasteiger partial charge in [-0.2, -0.15) is 0 Å². The quantitative estimate of drug-likeness (QED) is 0.531. The van der Waals surface area contributed by atoms with Crippen LogP contribution in [0.1, 0.15) is 11.1 Å². The lowest BCUT2D eigenvalue weighted by atomic mass is 10.2. The van der Waals surface area contributed by atoms with Crippen molar-refractivity contribution < 1.29 is 14.3 Å². The third kappa shape index (κ3) is 3.48. The topological polar surface area (TPSA) is 40.0 Å². The van der Waals surface area contributed by atoms with Crippen LogP contribution >= 0.6 is 39.1 Å². The third-order valence-corrected chi connectivity index (χ3v) is 4.27. The molecule has 0 amide bonds. The lowest BCUT2D eigenvalue weighted by Crippen LogP contribution is -1.93. The Hall–Kier alpha value is -1.43. The van der Waals surface area contributed by atoms with E-state index in [1.165, 1.54) is 0 Å². The fraction of sp³-hybridized carbons (Fsp3) is 0.133. The van der Waals surface area contributed by atoms with E-state index in [9.17, 15) is 0 Å². The van der Waals surface area contributed by atoms with Crippen LogP contribution in [0.4, 0.5) is 0 Å². The Bertz CT molecular complexity index is 737. The molecule has 0 unspecified atom stereocenters. The van der Waals surface area contributed by atoms with Gasteiger partial charge in [0.05, 0.1) is 6.21 Å². The average molecular weight is 403 g/mol. The molecule has 4 nitrogen and oxygen atoms in total. The van der Waals surface area contributed by atoms with Gasteiger partial charge in [0.25, 0.3) is 0 Å². The first-order chi connectivity index (χ1) is 10.6. The molecule has 114 valence electrons. The Kier molecular flexibility index (Phi) is 4.76. The Morgan fingerprint density at radius 3 is 2.73 bits per heavy atom. The van der Waals surface area contributed by atoms with Crippen molar-refractivity contribution in [3.05, 3.63) is 56.0 Å². The van der Waals surface area contributed by atoms with Gasteiger partial charge in [0.1, 0.15) is 6.61 Å². The SMILES string of the molecule is Clc1ccc(CO/N=C\c2cc3c(cc2Br)OCO3)c(Cl)c1. The molecule has 0 fully saturated rings. The van der Waals surface area contributed by atoms with Crippen LogP contribution in [0.5, 0.6) is 11.5 Å². The second-order valence-corrected chi connectivity index (χ2v) is 6.17. The molecule has 0 spiro atoms. The van der Waals surface area contributed by atoms with E-state index in [2.05, 4.69) is 21.1 Å². The second kappa shape index (κ2) is 6.77. The summed E-state index contributed by atoms with van der Waals surface area (Å²) in [5.41, 5.74) is 1.64. The van der Waals surface area contributed by atoms with Crippen LogP contribution in [-0.2, 0) is 11.4 Å². The Morgan fingerprint density at radius 2 is 1.95 bits per heavy atom. The van der Waals surface area contributed by atoms with Crippen LogP contribution in [0.2, 0.25) is 10.0 Å². The van der Waals surface area contributed by atoms with E-state index in [-0.39, 0.29) is 13.4 Å². The van der Waals surface area contributed by atoms with E-state index in [0.717, 1.165) is 15.6 Å². The van der Waals surface area contributed by atoms with Crippen molar-refractivity contribution in [2.45, 2.75) is 6.61 Å². The number of hydrogen-bond acceptors (Lipinski definition) is 4. The van der Waals surface area contributed by atoms with Gasteiger partial charge < -0.3 is 14.3 Å². The molecule has 1 aliphatic rings. The van der Waals surface area contributed by atoms with Crippen LogP contribution in [-0.4, -0.2) is 13.0 Å². The Labute approximate surface area is 145 Å². The summed E-state index contributed by atoms with van der Waals surface area (Å²) in [5.74, 6) is 1.39. The highest BCUT2D eigenvalue weighted by molar-refractivity contribution is 9.10. The maximum Gasteiger partial charge on any atom is 0.231 e. The smallest absolute Gasteiger partial charge is 0.231 e. The molecule has 0 bridgehead atoms. The van der Waals surface area contributed by atoms with Crippen molar-refractivity contribution in [1.82, 2.24) is 0 Å². The van der Waals surface area contributed by atoms with Crippen molar-refractivity contribution in [3.8, 4) is 11.5 Å². The van der Waals surface area contributed by atoms with E-state index in [4.69, 9.17) is 37.5 Å². The molecule has 0 aliphatic carbocycles. The summed E-state index contributed by atoms with van der Waals surface area (Å²) in [6.45, 7) is 0.489. The number of hydrogen-bond donors (Lipinski definition) is 0. The second-order valence-electron chi connectivity index (χ2n) is 4.47. The number of oxime groups is 1. The highest BCUT2D eigenvalue weighted by Crippen LogP contribution is 2.36. The summed E-state index contributed by atoms with van der Waals surface area (Å²) in [5, 5.41) is 5.08. The number of benzene rings is 2. The van der Waals surface area contributed by atoms with Gasteiger partial charge in [0.15, 0.2) is 11.5 Å². The molecule has 0 atom stereocenters. The Morgan fingerprint density at radius 1 is 1.18 bits per heavy atom. The van der Waals surface area contributed by atoms with Gasteiger partial charge in [-0.3, -0.25) is 0 Å². The first-order valence-electron chi connectivity index (χ1n) is 6.32. The van der Waals surface area contributed by atoms with Crippen LogP contribution in [0.15, 0.2) is 40.0 Å². The van der Waals surface area contributed by atoms with Crippen molar-refractivity contribution in [2.24, 2.45) is 5.16 Å². The van der Waals surface area contributed by atoms with Crippen LogP contribution in [0, 0.1) is 0 Å². The molecular formula is C15H10BrCl2NO3. The minimum atomic E-state index is 0.230. The molecule has 0 saturated carbocycles. The number of ether oxygens (including phenoxy) is 2. The minimum absolute atomic E-state index is 0.230. The zero-order valence-electron chi connectivity index (χ0n) is 11.2. The van der Waals surface area contributed by atoms with E-state index < -0.39 is 0 Å². The molecule has 7 heteroatoms. The van der Waals surface area contributed by atoms with Crippen LogP contribution < -0.4 is 9.47 Å². The largest absolute Gasteiger partial charge is 0.454 e. The summed E-state index contributed by atoms with van der Waals surface area (Å²) in [4.78, 5) is 5.27. The molecule has 0 saturated heterocycles. The van der Waals surface area contributed by atoms with Crippen molar-refractivity contribution in [1.29, 1.82) is 0 Å². The first-order valence-corrected chi connectivity index (χ1v) is 7.87. The molecule has 2 aromatic rings. The zero-order chi connectivity index (χ0) is 15.5. The predicted molar refractivity (Wildman–Crippen MR) is 89.1 cm³/mol. The molecule has 3 rings (SSSR count). The summed E-state index contributed by atoms with van der Waals surface area (Å²) >= 11 is 15.3. The van der Waals surface area contributed by atoms with Crippen LogP contribution in [0.25, 0.3) is 0 Å². The van der Waals surface area contributed by atoms with Crippen molar-refractivity contribution >= 4 is 45.3 Å². The molecule has 1 heterocycles. The van der Waals surface area contributed by atoms with Crippen molar-refractivity contribution in [3.63, 3.8) is 0 Å². The average Bonchev–Trinajstić information content (AvgIpc) is 2.92. The van der Waals surface area contributed by atoms with Gasteiger partial charge in [-0.1, -0.05) is 34.4 Å². The highest BCUT2D eigenvalue weighted by atomic mass is 79.9. The normalized spacial score (nSPS) is 12.9. The molecule has 0 aromatic heterocycles. The molecule has 1 aliphatic heterocycles. The molecule has 2 aromatic carbocycles. The highest BCUT2D eigenvalue weighted by Gasteiger charge is 2.15. The van der Waals surface area contributed by atoms with Gasteiger partial charge in [0.2, 0.25) is 6.79 Å². The van der Waals surface area contributed by atoms with E-state index in [1.807, 2.05) is 12.1 Å². The maximum atomic E-state index is 6.06. The fourth-order valence-corrected chi connectivity index (χ4v) is 2.76. The number of rotatable bonds is 4. The monoisotopic (exact) mass is 401 g/mol. The van der Waals surface area contributed by atoms with Gasteiger partial charge in [0, 0.05) is 25.6 Å². The lowest BCUT2D eigenvalue weighted by Gasteiger charge is -2.04. The van der Waals surface area contributed by atoms with Crippen LogP contribution in [0.3, 0.4) is 0 Å². The first kappa shape index (κ1) is 15.5. The van der Waals surface area contributed by atoms with E-state index in [1.54, 1.807) is 24.4 Å². The van der Waals surface area contributed by atoms with Gasteiger partial charge in [-0.15, -0.1) is 0 Å². The zero-order valence-corrected chi connectivity index (χ0v) is 14.3. The number of halogens is 3. The van der Waals surface area contributed by atoms with Gasteiger partial charge in [-0.25, -0.2) is 0 Å². The summed E-state index contributed by atoms with van der Waals surface area (Å²) < 4.78 is 11.4. The van der Waals surface area contributed by atoms with Gasteiger partial charge >= 0.3 is 0 Å².